The second-order valence-electron chi connectivity index (χ2n) is 4.08. The minimum absolute atomic E-state index is 0.168. The lowest BCUT2D eigenvalue weighted by Gasteiger charge is -2.33. The van der Waals surface area contributed by atoms with Gasteiger partial charge in [-0.3, -0.25) is 0 Å². The fourth-order valence-electron chi connectivity index (χ4n) is 2.15. The topological polar surface area (TPSA) is 26.0 Å². The molecule has 0 aromatic heterocycles. The lowest BCUT2D eigenvalue weighted by molar-refractivity contribution is 0.264. The molecule has 2 N–H and O–H groups in total. The van der Waals surface area contributed by atoms with Crippen LogP contribution in [0.5, 0.6) is 0 Å². The summed E-state index contributed by atoms with van der Waals surface area (Å²) in [6.07, 6.45) is 3.88. The van der Waals surface area contributed by atoms with Crippen LogP contribution in [-0.4, -0.2) is 6.54 Å². The molecule has 2 heteroatoms. The van der Waals surface area contributed by atoms with Crippen LogP contribution >= 0.6 is 0 Å². The first kappa shape index (κ1) is 9.66. The van der Waals surface area contributed by atoms with Gasteiger partial charge in [-0.15, -0.1) is 0 Å². The Morgan fingerprint density at radius 1 is 1.29 bits per heavy atom. The SMILES string of the molecule is NCC(c1ccc(F)cc1)C1CCC1. The maximum Gasteiger partial charge on any atom is 0.123 e. The Morgan fingerprint density at radius 3 is 2.36 bits per heavy atom. The highest BCUT2D eigenvalue weighted by Gasteiger charge is 2.27. The Morgan fingerprint density at radius 2 is 1.93 bits per heavy atom. The van der Waals surface area contributed by atoms with Crippen LogP contribution in [0.4, 0.5) is 4.39 Å². The van der Waals surface area contributed by atoms with Gasteiger partial charge >= 0.3 is 0 Å². The quantitative estimate of drug-likeness (QED) is 0.784. The highest BCUT2D eigenvalue weighted by Crippen LogP contribution is 2.38. The van der Waals surface area contributed by atoms with Crippen molar-refractivity contribution in [3.8, 4) is 0 Å². The molecule has 0 aliphatic heterocycles. The lowest BCUT2D eigenvalue weighted by atomic mass is 9.73. The van der Waals surface area contributed by atoms with Gasteiger partial charge in [0.25, 0.3) is 0 Å². The summed E-state index contributed by atoms with van der Waals surface area (Å²) in [5.41, 5.74) is 6.95. The zero-order valence-corrected chi connectivity index (χ0v) is 8.25. The van der Waals surface area contributed by atoms with E-state index >= 15 is 0 Å². The maximum atomic E-state index is 12.7. The van der Waals surface area contributed by atoms with Gasteiger partial charge in [-0.25, -0.2) is 4.39 Å². The monoisotopic (exact) mass is 193 g/mol. The van der Waals surface area contributed by atoms with Crippen LogP contribution in [0.15, 0.2) is 24.3 Å². The van der Waals surface area contributed by atoms with Gasteiger partial charge < -0.3 is 5.73 Å². The average Bonchev–Trinajstić information content (AvgIpc) is 2.13. The molecule has 0 saturated heterocycles. The van der Waals surface area contributed by atoms with Gasteiger partial charge in [0.1, 0.15) is 5.82 Å². The standard InChI is InChI=1S/C12H16FN/c13-11-6-4-10(5-7-11)12(8-14)9-2-1-3-9/h4-7,9,12H,1-3,8,14H2. The molecule has 1 saturated carbocycles. The molecule has 1 aromatic rings. The van der Waals surface area contributed by atoms with E-state index in [1.165, 1.54) is 37.0 Å². The van der Waals surface area contributed by atoms with Crippen molar-refractivity contribution >= 4 is 0 Å². The number of benzene rings is 1. The molecule has 0 bridgehead atoms. The van der Waals surface area contributed by atoms with E-state index in [0.29, 0.717) is 12.5 Å². The van der Waals surface area contributed by atoms with Crippen molar-refractivity contribution in [3.05, 3.63) is 35.6 Å². The maximum absolute atomic E-state index is 12.7. The summed E-state index contributed by atoms with van der Waals surface area (Å²) < 4.78 is 12.7. The van der Waals surface area contributed by atoms with Gasteiger partial charge in [0.15, 0.2) is 0 Å². The zero-order valence-electron chi connectivity index (χ0n) is 8.25. The molecule has 0 radical (unpaired) electrons. The molecule has 1 nitrogen and oxygen atoms in total. The molecule has 0 amide bonds. The molecule has 1 aliphatic carbocycles. The summed E-state index contributed by atoms with van der Waals surface area (Å²) in [6, 6.07) is 6.78. The van der Waals surface area contributed by atoms with Crippen molar-refractivity contribution in [2.45, 2.75) is 25.2 Å². The van der Waals surface area contributed by atoms with E-state index in [1.54, 1.807) is 0 Å². The van der Waals surface area contributed by atoms with E-state index in [4.69, 9.17) is 5.73 Å². The predicted molar refractivity (Wildman–Crippen MR) is 55.5 cm³/mol. The van der Waals surface area contributed by atoms with E-state index in [9.17, 15) is 4.39 Å². The van der Waals surface area contributed by atoms with E-state index in [2.05, 4.69) is 0 Å². The van der Waals surface area contributed by atoms with Gasteiger partial charge in [0.2, 0.25) is 0 Å². The van der Waals surface area contributed by atoms with Crippen LogP contribution in [0, 0.1) is 11.7 Å². The second-order valence-corrected chi connectivity index (χ2v) is 4.08. The molecule has 76 valence electrons. The van der Waals surface area contributed by atoms with Crippen LogP contribution in [-0.2, 0) is 0 Å². The molecule has 1 fully saturated rings. The Labute approximate surface area is 84.1 Å². The Hall–Kier alpha value is -0.890. The molecule has 1 aromatic carbocycles. The molecule has 1 atom stereocenters. The second kappa shape index (κ2) is 4.09. The lowest BCUT2D eigenvalue weighted by Crippen LogP contribution is -2.26. The highest BCUT2D eigenvalue weighted by atomic mass is 19.1. The van der Waals surface area contributed by atoms with Gasteiger partial charge in [-0.05, 0) is 48.9 Å². The smallest absolute Gasteiger partial charge is 0.123 e. The number of hydrogen-bond donors (Lipinski definition) is 1. The third kappa shape index (κ3) is 1.80. The van der Waals surface area contributed by atoms with Crippen molar-refractivity contribution in [2.24, 2.45) is 11.7 Å². The Kier molecular flexibility index (Phi) is 2.82. The van der Waals surface area contributed by atoms with Crippen LogP contribution in [0.25, 0.3) is 0 Å². The van der Waals surface area contributed by atoms with Crippen LogP contribution < -0.4 is 5.73 Å². The normalized spacial score (nSPS) is 19.0. The number of halogens is 1. The van der Waals surface area contributed by atoms with Gasteiger partial charge in [-0.1, -0.05) is 18.6 Å². The van der Waals surface area contributed by atoms with E-state index in [1.807, 2.05) is 12.1 Å². The number of hydrogen-bond acceptors (Lipinski definition) is 1. The summed E-state index contributed by atoms with van der Waals surface area (Å²) in [5.74, 6) is 0.993. The zero-order chi connectivity index (χ0) is 9.97. The van der Waals surface area contributed by atoms with Crippen LogP contribution in [0.3, 0.4) is 0 Å². The van der Waals surface area contributed by atoms with Gasteiger partial charge in [0.05, 0.1) is 0 Å². The van der Waals surface area contributed by atoms with Gasteiger partial charge in [0, 0.05) is 0 Å². The van der Waals surface area contributed by atoms with Gasteiger partial charge in [-0.2, -0.15) is 0 Å². The number of nitrogens with two attached hydrogens (primary N) is 1. The molecular weight excluding hydrogens is 177 g/mol. The first-order chi connectivity index (χ1) is 6.81. The molecule has 2 rings (SSSR count). The van der Waals surface area contributed by atoms with Crippen molar-refractivity contribution in [2.75, 3.05) is 6.54 Å². The van der Waals surface area contributed by atoms with E-state index in [0.717, 1.165) is 5.92 Å². The van der Waals surface area contributed by atoms with Crippen molar-refractivity contribution < 1.29 is 4.39 Å². The average molecular weight is 193 g/mol. The number of rotatable bonds is 3. The highest BCUT2D eigenvalue weighted by molar-refractivity contribution is 5.22. The van der Waals surface area contributed by atoms with Crippen LogP contribution in [0.2, 0.25) is 0 Å². The molecule has 1 aliphatic rings. The van der Waals surface area contributed by atoms with E-state index < -0.39 is 0 Å². The fourth-order valence-corrected chi connectivity index (χ4v) is 2.15. The van der Waals surface area contributed by atoms with Crippen LogP contribution in [0.1, 0.15) is 30.7 Å². The Balaban J connectivity index is 2.14. The first-order valence-electron chi connectivity index (χ1n) is 5.27. The molecule has 0 spiro atoms. The summed E-state index contributed by atoms with van der Waals surface area (Å²) in [4.78, 5) is 0. The van der Waals surface area contributed by atoms with E-state index in [-0.39, 0.29) is 5.82 Å². The molecular formula is C12H16FN. The minimum atomic E-state index is -0.168. The van der Waals surface area contributed by atoms with Crippen molar-refractivity contribution in [3.63, 3.8) is 0 Å². The molecule has 1 unspecified atom stereocenters. The van der Waals surface area contributed by atoms with Crippen molar-refractivity contribution in [1.29, 1.82) is 0 Å². The summed E-state index contributed by atoms with van der Waals surface area (Å²) >= 11 is 0. The first-order valence-corrected chi connectivity index (χ1v) is 5.27. The largest absolute Gasteiger partial charge is 0.330 e. The minimum Gasteiger partial charge on any atom is -0.330 e. The fraction of sp³-hybridized carbons (Fsp3) is 0.500. The predicted octanol–water partition coefficient (Wildman–Crippen LogP) is 2.67. The molecule has 14 heavy (non-hydrogen) atoms. The molecule has 0 heterocycles. The van der Waals surface area contributed by atoms with Crippen molar-refractivity contribution in [1.82, 2.24) is 0 Å². The summed E-state index contributed by atoms with van der Waals surface area (Å²) in [7, 11) is 0. The summed E-state index contributed by atoms with van der Waals surface area (Å²) in [5, 5.41) is 0. The third-order valence-corrected chi connectivity index (χ3v) is 3.27. The summed E-state index contributed by atoms with van der Waals surface area (Å²) in [6.45, 7) is 0.677. The third-order valence-electron chi connectivity index (χ3n) is 3.27. The Bertz CT molecular complexity index is 290.